The van der Waals surface area contributed by atoms with Crippen molar-refractivity contribution in [2.75, 3.05) is 32.7 Å². The second-order valence-corrected chi connectivity index (χ2v) is 8.88. The van der Waals surface area contributed by atoms with Gasteiger partial charge in [0.1, 0.15) is 17.2 Å². The van der Waals surface area contributed by atoms with Gasteiger partial charge in [0, 0.05) is 11.4 Å². The van der Waals surface area contributed by atoms with Gasteiger partial charge in [0.25, 0.3) is 0 Å². The van der Waals surface area contributed by atoms with Crippen molar-refractivity contribution in [3.05, 3.63) is 47.3 Å². The molecule has 4 rings (SSSR count). The third kappa shape index (κ3) is 4.11. The molecule has 0 fully saturated rings. The number of hydrogen-bond donors (Lipinski definition) is 2. The first kappa shape index (κ1) is 19.8. The Morgan fingerprint density at radius 1 is 1.14 bits per heavy atom. The van der Waals surface area contributed by atoms with Gasteiger partial charge in [-0.1, -0.05) is 6.07 Å². The van der Waals surface area contributed by atoms with Gasteiger partial charge in [0.15, 0.2) is 11.6 Å². The number of fused-ring (bicyclic) bond motifs is 1. The second kappa shape index (κ2) is 8.46. The lowest BCUT2D eigenvalue weighted by Gasteiger charge is -2.11. The van der Waals surface area contributed by atoms with E-state index in [1.54, 1.807) is 22.7 Å². The van der Waals surface area contributed by atoms with E-state index in [2.05, 4.69) is 34.4 Å². The highest BCUT2D eigenvalue weighted by Crippen LogP contribution is 2.41. The maximum absolute atomic E-state index is 5.80. The fraction of sp³-hybridized carbons (Fsp3) is 0.238. The Morgan fingerprint density at radius 2 is 1.93 bits per heavy atom. The molecule has 0 atom stereocenters. The number of hydrogen-bond acceptors (Lipinski definition) is 8. The maximum Gasteiger partial charge on any atom is 0.173 e. The van der Waals surface area contributed by atoms with Crippen molar-refractivity contribution in [3.8, 4) is 26.9 Å². The van der Waals surface area contributed by atoms with Crippen molar-refractivity contribution in [1.29, 1.82) is 0 Å². The van der Waals surface area contributed by atoms with Gasteiger partial charge in [-0.25, -0.2) is 15.8 Å². The van der Waals surface area contributed by atoms with Crippen LogP contribution in [0.1, 0.15) is 5.56 Å². The zero-order valence-electron chi connectivity index (χ0n) is 16.6. The zero-order chi connectivity index (χ0) is 20.4. The van der Waals surface area contributed by atoms with Crippen molar-refractivity contribution in [2.45, 2.75) is 6.92 Å². The molecule has 0 radical (unpaired) electrons. The number of nitrogens with zero attached hydrogens (tertiary/aromatic N) is 3. The number of thiophene rings is 2. The molecule has 0 spiro atoms. The smallest absolute Gasteiger partial charge is 0.173 e. The number of likely N-dealkylation sites (N-methyl/N-ethyl adjacent to an activating group) is 1. The molecule has 0 saturated heterocycles. The monoisotopic (exact) mass is 425 g/mol. The van der Waals surface area contributed by atoms with E-state index in [9.17, 15) is 0 Å². The van der Waals surface area contributed by atoms with Crippen molar-refractivity contribution in [3.63, 3.8) is 0 Å². The van der Waals surface area contributed by atoms with Gasteiger partial charge < -0.3 is 15.1 Å². The lowest BCUT2D eigenvalue weighted by Crippen LogP contribution is -2.19. The van der Waals surface area contributed by atoms with E-state index in [-0.39, 0.29) is 0 Å². The van der Waals surface area contributed by atoms with Gasteiger partial charge >= 0.3 is 0 Å². The highest BCUT2D eigenvalue weighted by atomic mass is 32.1. The van der Waals surface area contributed by atoms with Crippen LogP contribution in [0.4, 0.5) is 5.82 Å². The largest absolute Gasteiger partial charge is 0.492 e. The molecule has 4 aromatic rings. The van der Waals surface area contributed by atoms with E-state index in [4.69, 9.17) is 15.6 Å². The normalized spacial score (nSPS) is 11.3. The predicted octanol–water partition coefficient (Wildman–Crippen LogP) is 4.62. The molecule has 3 heterocycles. The van der Waals surface area contributed by atoms with Crippen LogP contribution in [-0.4, -0.2) is 42.1 Å². The zero-order valence-corrected chi connectivity index (χ0v) is 18.2. The number of anilines is 1. The molecule has 150 valence electrons. The molecular formula is C21H23N5OS2. The Balaban J connectivity index is 1.68. The molecule has 8 heteroatoms. The molecule has 0 amide bonds. The summed E-state index contributed by atoms with van der Waals surface area (Å²) in [6, 6.07) is 12.2. The summed E-state index contributed by atoms with van der Waals surface area (Å²) in [7, 11) is 4.07. The quantitative estimate of drug-likeness (QED) is 0.332. The summed E-state index contributed by atoms with van der Waals surface area (Å²) in [5.74, 6) is 8.01. The van der Waals surface area contributed by atoms with Crippen LogP contribution < -0.4 is 16.0 Å². The number of hydrazine groups is 1. The third-order valence-electron chi connectivity index (χ3n) is 4.59. The highest BCUT2D eigenvalue weighted by molar-refractivity contribution is 7.22. The van der Waals surface area contributed by atoms with Crippen LogP contribution in [0.5, 0.6) is 5.75 Å². The summed E-state index contributed by atoms with van der Waals surface area (Å²) in [4.78, 5) is 14.6. The van der Waals surface area contributed by atoms with E-state index in [1.807, 2.05) is 43.7 Å². The molecule has 0 saturated carbocycles. The van der Waals surface area contributed by atoms with Crippen molar-refractivity contribution < 1.29 is 4.74 Å². The summed E-state index contributed by atoms with van der Waals surface area (Å²) >= 11 is 3.27. The van der Waals surface area contributed by atoms with E-state index in [1.165, 1.54) is 0 Å². The SMILES string of the molecule is Cc1c(-c2ccc(OCCN(C)C)cc2)sc2nc(-c3cccs3)nc(NN)c12. The molecule has 0 aliphatic rings. The van der Waals surface area contributed by atoms with E-state index < -0.39 is 0 Å². The van der Waals surface area contributed by atoms with Gasteiger partial charge in [0.05, 0.1) is 10.3 Å². The van der Waals surface area contributed by atoms with Crippen LogP contribution in [0.15, 0.2) is 41.8 Å². The summed E-state index contributed by atoms with van der Waals surface area (Å²) in [6.07, 6.45) is 0. The lowest BCUT2D eigenvalue weighted by molar-refractivity contribution is 0.261. The van der Waals surface area contributed by atoms with E-state index >= 15 is 0 Å². The summed E-state index contributed by atoms with van der Waals surface area (Å²) < 4.78 is 5.80. The first-order chi connectivity index (χ1) is 14.1. The summed E-state index contributed by atoms with van der Waals surface area (Å²) in [5.41, 5.74) is 5.01. The number of benzene rings is 1. The standard InChI is InChI=1S/C21H23N5OS2/c1-13-17-20(25-22)23-19(16-5-4-12-28-16)24-21(17)29-18(13)14-6-8-15(9-7-14)27-11-10-26(2)3/h4-9,12H,10-11,22H2,1-3H3,(H,23,24,25). The molecule has 1 aromatic carbocycles. The Hall–Kier alpha value is -2.52. The van der Waals surface area contributed by atoms with Gasteiger partial charge in [-0.15, -0.1) is 22.7 Å². The first-order valence-corrected chi connectivity index (χ1v) is 11.0. The Morgan fingerprint density at radius 3 is 2.59 bits per heavy atom. The fourth-order valence-corrected chi connectivity index (χ4v) is 4.93. The topological polar surface area (TPSA) is 76.3 Å². The average Bonchev–Trinajstić information content (AvgIpc) is 3.36. The molecule has 0 aliphatic heterocycles. The number of nitrogens with two attached hydrogens (primary N) is 1. The van der Waals surface area contributed by atoms with Crippen LogP contribution in [0.2, 0.25) is 0 Å². The predicted molar refractivity (Wildman–Crippen MR) is 123 cm³/mol. The number of aromatic nitrogens is 2. The van der Waals surface area contributed by atoms with Crippen LogP contribution >= 0.6 is 22.7 Å². The first-order valence-electron chi connectivity index (χ1n) is 9.26. The average molecular weight is 426 g/mol. The minimum absolute atomic E-state index is 0.655. The van der Waals surface area contributed by atoms with Gasteiger partial charge in [-0.3, -0.25) is 0 Å². The molecule has 6 nitrogen and oxygen atoms in total. The lowest BCUT2D eigenvalue weighted by atomic mass is 10.1. The molecular weight excluding hydrogens is 402 g/mol. The van der Waals surface area contributed by atoms with Gasteiger partial charge in [-0.2, -0.15) is 0 Å². The molecule has 0 unspecified atom stereocenters. The minimum Gasteiger partial charge on any atom is -0.492 e. The van der Waals surface area contributed by atoms with Crippen LogP contribution in [0, 0.1) is 6.92 Å². The molecule has 0 bridgehead atoms. The summed E-state index contributed by atoms with van der Waals surface area (Å²) in [5, 5.41) is 2.99. The van der Waals surface area contributed by atoms with Crippen molar-refractivity contribution in [2.24, 2.45) is 5.84 Å². The maximum atomic E-state index is 5.80. The Bertz CT molecular complexity index is 1100. The van der Waals surface area contributed by atoms with Crippen molar-refractivity contribution >= 4 is 38.7 Å². The molecule has 0 aliphatic carbocycles. The fourth-order valence-electron chi connectivity index (χ4n) is 3.08. The molecule has 29 heavy (non-hydrogen) atoms. The van der Waals surface area contributed by atoms with E-state index in [0.29, 0.717) is 18.2 Å². The van der Waals surface area contributed by atoms with Gasteiger partial charge in [-0.05, 0) is 67.9 Å². The number of ether oxygens (including phenoxy) is 1. The number of nitrogen functional groups attached to an aromatic ring is 1. The van der Waals surface area contributed by atoms with Gasteiger partial charge in [0.2, 0.25) is 0 Å². The highest BCUT2D eigenvalue weighted by Gasteiger charge is 2.18. The van der Waals surface area contributed by atoms with Crippen LogP contribution in [-0.2, 0) is 0 Å². The Labute approximate surface area is 178 Å². The number of nitrogens with one attached hydrogen (secondary N) is 1. The van der Waals surface area contributed by atoms with Crippen LogP contribution in [0.25, 0.3) is 31.4 Å². The summed E-state index contributed by atoms with van der Waals surface area (Å²) in [6.45, 7) is 3.64. The Kier molecular flexibility index (Phi) is 5.77. The minimum atomic E-state index is 0.655. The van der Waals surface area contributed by atoms with Crippen molar-refractivity contribution in [1.82, 2.24) is 14.9 Å². The number of rotatable bonds is 7. The third-order valence-corrected chi connectivity index (χ3v) is 6.69. The molecule has 3 N–H and O–H groups in total. The van der Waals surface area contributed by atoms with Crippen LogP contribution in [0.3, 0.4) is 0 Å². The molecule has 3 aromatic heterocycles. The number of aryl methyl sites for hydroxylation is 1. The second-order valence-electron chi connectivity index (χ2n) is 6.93. The van der Waals surface area contributed by atoms with E-state index in [0.717, 1.165) is 43.4 Å².